The number of fused-ring (bicyclic) bond motifs is 1. The van der Waals surface area contributed by atoms with Gasteiger partial charge in [0.15, 0.2) is 5.76 Å². The number of methoxy groups -OCH3 is 1. The van der Waals surface area contributed by atoms with Gasteiger partial charge in [0.2, 0.25) is 0 Å². The zero-order valence-corrected chi connectivity index (χ0v) is 12.6. The van der Waals surface area contributed by atoms with Gasteiger partial charge < -0.3 is 24.7 Å². The Morgan fingerprint density at radius 3 is 2.62 bits per heavy atom. The lowest BCUT2D eigenvalue weighted by atomic mass is 10.1. The van der Waals surface area contributed by atoms with Gasteiger partial charge in [0.05, 0.1) is 7.11 Å². The molecule has 0 aliphatic rings. The molecule has 1 heterocycles. The molecule has 2 aromatic carbocycles. The maximum Gasteiger partial charge on any atom is 0.339 e. The summed E-state index contributed by atoms with van der Waals surface area (Å²) in [7, 11) is 1.54. The minimum absolute atomic E-state index is 0.0724. The fourth-order valence-electron chi connectivity index (χ4n) is 2.24. The number of anilines is 1. The minimum atomic E-state index is -1.29. The van der Waals surface area contributed by atoms with Gasteiger partial charge in [0.25, 0.3) is 5.91 Å². The predicted molar refractivity (Wildman–Crippen MR) is 85.8 cm³/mol. The van der Waals surface area contributed by atoms with Crippen LogP contribution in [-0.2, 0) is 0 Å². The normalized spacial score (nSPS) is 10.5. The molecule has 1 amide bonds. The zero-order valence-electron chi connectivity index (χ0n) is 12.6. The van der Waals surface area contributed by atoms with E-state index in [4.69, 9.17) is 14.3 Å². The van der Waals surface area contributed by atoms with Crippen LogP contribution in [0.1, 0.15) is 20.9 Å². The van der Waals surface area contributed by atoms with Crippen LogP contribution in [0.4, 0.5) is 5.69 Å². The minimum Gasteiger partial charge on any atom is -0.507 e. The molecule has 3 N–H and O–H groups in total. The summed E-state index contributed by atoms with van der Waals surface area (Å²) in [6.07, 6.45) is 0. The van der Waals surface area contributed by atoms with Crippen molar-refractivity contribution in [2.75, 3.05) is 12.4 Å². The standard InChI is InChI=1S/C17H13NO6/c1-23-11-3-5-14-9(6-11)7-15(24-14)16(20)18-10-2-4-13(19)12(8-10)17(21)22/h2-8,19H,1H3,(H,18,20)(H,21,22). The van der Waals surface area contributed by atoms with E-state index in [1.807, 2.05) is 0 Å². The van der Waals surface area contributed by atoms with Crippen LogP contribution < -0.4 is 10.1 Å². The Kier molecular flexibility index (Phi) is 3.83. The largest absolute Gasteiger partial charge is 0.507 e. The Labute approximate surface area is 136 Å². The lowest BCUT2D eigenvalue weighted by Crippen LogP contribution is -2.11. The monoisotopic (exact) mass is 327 g/mol. The Morgan fingerprint density at radius 2 is 1.92 bits per heavy atom. The van der Waals surface area contributed by atoms with Crippen LogP contribution >= 0.6 is 0 Å². The van der Waals surface area contributed by atoms with Crippen molar-refractivity contribution in [3.8, 4) is 11.5 Å². The van der Waals surface area contributed by atoms with Crippen LogP contribution in [0.3, 0.4) is 0 Å². The highest BCUT2D eigenvalue weighted by Crippen LogP contribution is 2.26. The summed E-state index contributed by atoms with van der Waals surface area (Å²) in [4.78, 5) is 23.3. The van der Waals surface area contributed by atoms with E-state index in [-0.39, 0.29) is 22.8 Å². The van der Waals surface area contributed by atoms with Crippen molar-refractivity contribution in [3.63, 3.8) is 0 Å². The Hall–Kier alpha value is -3.48. The molecule has 24 heavy (non-hydrogen) atoms. The number of aromatic carboxylic acids is 1. The molecule has 0 fully saturated rings. The average molecular weight is 327 g/mol. The highest BCUT2D eigenvalue weighted by Gasteiger charge is 2.15. The van der Waals surface area contributed by atoms with Crippen molar-refractivity contribution in [1.29, 1.82) is 0 Å². The van der Waals surface area contributed by atoms with E-state index in [1.54, 1.807) is 31.4 Å². The van der Waals surface area contributed by atoms with Gasteiger partial charge >= 0.3 is 5.97 Å². The van der Waals surface area contributed by atoms with Crippen molar-refractivity contribution in [1.82, 2.24) is 0 Å². The first-order valence-electron chi connectivity index (χ1n) is 6.93. The van der Waals surface area contributed by atoms with Crippen LogP contribution in [0.25, 0.3) is 11.0 Å². The number of benzene rings is 2. The van der Waals surface area contributed by atoms with Crippen molar-refractivity contribution < 1.29 is 29.0 Å². The van der Waals surface area contributed by atoms with E-state index in [0.29, 0.717) is 16.7 Å². The lowest BCUT2D eigenvalue weighted by Gasteiger charge is -2.05. The summed E-state index contributed by atoms with van der Waals surface area (Å²) in [6.45, 7) is 0. The Bertz CT molecular complexity index is 943. The molecule has 3 rings (SSSR count). The maximum absolute atomic E-state index is 12.3. The number of carboxylic acids is 1. The van der Waals surface area contributed by atoms with Gasteiger partial charge in [-0.25, -0.2) is 4.79 Å². The number of carbonyl (C=O) groups is 2. The number of nitrogens with one attached hydrogen (secondary N) is 1. The molecular formula is C17H13NO6. The van der Waals surface area contributed by atoms with Gasteiger partial charge in [0.1, 0.15) is 22.6 Å². The smallest absolute Gasteiger partial charge is 0.339 e. The van der Waals surface area contributed by atoms with E-state index in [1.165, 1.54) is 18.2 Å². The molecule has 0 unspecified atom stereocenters. The molecule has 0 aliphatic heterocycles. The summed E-state index contributed by atoms with van der Waals surface area (Å²) in [5, 5.41) is 21.7. The summed E-state index contributed by atoms with van der Waals surface area (Å²) >= 11 is 0. The molecule has 7 heteroatoms. The predicted octanol–water partition coefficient (Wildman–Crippen LogP) is 3.10. The molecule has 7 nitrogen and oxygen atoms in total. The molecule has 0 saturated carbocycles. The number of phenols is 1. The molecule has 0 saturated heterocycles. The molecule has 122 valence electrons. The third-order valence-electron chi connectivity index (χ3n) is 3.43. The van der Waals surface area contributed by atoms with Crippen LogP contribution in [-0.4, -0.2) is 29.2 Å². The van der Waals surface area contributed by atoms with Crippen LogP contribution in [0.15, 0.2) is 46.9 Å². The molecular weight excluding hydrogens is 314 g/mol. The maximum atomic E-state index is 12.3. The number of carboxylic acid groups (broad SMARTS) is 1. The van der Waals surface area contributed by atoms with E-state index in [9.17, 15) is 14.7 Å². The van der Waals surface area contributed by atoms with Gasteiger partial charge in [-0.1, -0.05) is 0 Å². The number of hydrogen-bond acceptors (Lipinski definition) is 5. The zero-order chi connectivity index (χ0) is 17.3. The highest BCUT2D eigenvalue weighted by atomic mass is 16.5. The van der Waals surface area contributed by atoms with E-state index in [0.717, 1.165) is 0 Å². The van der Waals surface area contributed by atoms with Crippen LogP contribution in [0.5, 0.6) is 11.5 Å². The third-order valence-corrected chi connectivity index (χ3v) is 3.43. The van der Waals surface area contributed by atoms with Gasteiger partial charge in [-0.3, -0.25) is 4.79 Å². The first-order valence-corrected chi connectivity index (χ1v) is 6.93. The molecule has 0 bridgehead atoms. The number of furan rings is 1. The molecule has 3 aromatic rings. The Morgan fingerprint density at radius 1 is 1.12 bits per heavy atom. The fraction of sp³-hybridized carbons (Fsp3) is 0.0588. The first-order chi connectivity index (χ1) is 11.5. The van der Waals surface area contributed by atoms with E-state index in [2.05, 4.69) is 5.32 Å². The van der Waals surface area contributed by atoms with Crippen LogP contribution in [0.2, 0.25) is 0 Å². The number of rotatable bonds is 4. The number of amides is 1. The Balaban J connectivity index is 1.87. The molecule has 0 spiro atoms. The second-order valence-corrected chi connectivity index (χ2v) is 5.01. The van der Waals surface area contributed by atoms with Crippen LogP contribution in [0, 0.1) is 0 Å². The van der Waals surface area contributed by atoms with Crippen molar-refractivity contribution in [2.45, 2.75) is 0 Å². The van der Waals surface area contributed by atoms with Gasteiger partial charge in [-0.2, -0.15) is 0 Å². The number of aromatic hydroxyl groups is 1. The molecule has 0 atom stereocenters. The average Bonchev–Trinajstić information content (AvgIpc) is 2.99. The summed E-state index contributed by atoms with van der Waals surface area (Å²) in [5.41, 5.74) is 0.452. The summed E-state index contributed by atoms with van der Waals surface area (Å²) < 4.78 is 10.6. The number of hydrogen-bond donors (Lipinski definition) is 3. The van der Waals surface area contributed by atoms with Crippen molar-refractivity contribution >= 4 is 28.5 Å². The summed E-state index contributed by atoms with van der Waals surface area (Å²) in [6, 6.07) is 10.5. The third kappa shape index (κ3) is 2.87. The van der Waals surface area contributed by atoms with E-state index < -0.39 is 11.9 Å². The van der Waals surface area contributed by atoms with Gasteiger partial charge in [-0.05, 0) is 42.5 Å². The molecule has 0 radical (unpaired) electrons. The van der Waals surface area contributed by atoms with Crippen molar-refractivity contribution in [2.24, 2.45) is 0 Å². The molecule has 0 aliphatic carbocycles. The van der Waals surface area contributed by atoms with Gasteiger partial charge in [0, 0.05) is 11.1 Å². The highest BCUT2D eigenvalue weighted by molar-refractivity contribution is 6.05. The topological polar surface area (TPSA) is 109 Å². The van der Waals surface area contributed by atoms with E-state index >= 15 is 0 Å². The quantitative estimate of drug-likeness (QED) is 0.635. The fourth-order valence-corrected chi connectivity index (χ4v) is 2.24. The second kappa shape index (κ2) is 5.96. The van der Waals surface area contributed by atoms with Gasteiger partial charge in [-0.15, -0.1) is 0 Å². The number of carbonyl (C=O) groups excluding carboxylic acids is 1. The van der Waals surface area contributed by atoms with Crippen molar-refractivity contribution in [3.05, 3.63) is 53.8 Å². The summed E-state index contributed by atoms with van der Waals surface area (Å²) in [5.74, 6) is -1.49. The SMILES string of the molecule is COc1ccc2oc(C(=O)Nc3ccc(O)c(C(=O)O)c3)cc2c1. The first kappa shape index (κ1) is 15.4. The number of ether oxygens (including phenoxy) is 1. The molecule has 1 aromatic heterocycles. The second-order valence-electron chi connectivity index (χ2n) is 5.01. The lowest BCUT2D eigenvalue weighted by molar-refractivity contribution is 0.0693.